The van der Waals surface area contributed by atoms with E-state index in [0.717, 1.165) is 0 Å². The van der Waals surface area contributed by atoms with E-state index in [0.29, 0.717) is 19.8 Å². The highest BCUT2D eigenvalue weighted by molar-refractivity contribution is 5.81. The van der Waals surface area contributed by atoms with Crippen LogP contribution >= 0.6 is 0 Å². The second kappa shape index (κ2) is 3.09. The largest absolute Gasteiger partial charge is 0.378 e. The third-order valence-electron chi connectivity index (χ3n) is 1.64. The molecule has 10 heavy (non-hydrogen) atoms. The number of hydrazine groups is 1. The predicted molar refractivity (Wildman–Crippen MR) is 36.2 cm³/mol. The molecule has 1 rings (SSSR count). The van der Waals surface area contributed by atoms with Crippen LogP contribution in [-0.4, -0.2) is 36.6 Å². The highest BCUT2D eigenvalue weighted by Gasteiger charge is 2.23. The molecule has 1 atom stereocenters. The van der Waals surface area contributed by atoms with Crippen molar-refractivity contribution in [2.24, 2.45) is 5.84 Å². The minimum atomic E-state index is -0.228. The summed E-state index contributed by atoms with van der Waals surface area (Å²) < 4.78 is 5.07. The van der Waals surface area contributed by atoms with E-state index in [4.69, 9.17) is 10.6 Å². The van der Waals surface area contributed by atoms with Crippen molar-refractivity contribution in [2.75, 3.05) is 19.8 Å². The minimum Gasteiger partial charge on any atom is -0.378 e. The van der Waals surface area contributed by atoms with Crippen LogP contribution < -0.4 is 5.84 Å². The van der Waals surface area contributed by atoms with Gasteiger partial charge < -0.3 is 4.74 Å². The van der Waals surface area contributed by atoms with Crippen LogP contribution in [0.15, 0.2) is 0 Å². The van der Waals surface area contributed by atoms with Gasteiger partial charge in [0.1, 0.15) is 6.04 Å². The fourth-order valence-electron chi connectivity index (χ4n) is 0.967. The van der Waals surface area contributed by atoms with Crippen LogP contribution in [0.1, 0.15) is 6.92 Å². The van der Waals surface area contributed by atoms with Gasteiger partial charge in [0.25, 0.3) is 0 Å². The predicted octanol–water partition coefficient (Wildman–Crippen LogP) is -0.850. The van der Waals surface area contributed by atoms with Crippen molar-refractivity contribution in [2.45, 2.75) is 13.0 Å². The maximum Gasteiger partial charge on any atom is 0.150 e. The summed E-state index contributed by atoms with van der Waals surface area (Å²) in [6.07, 6.45) is 0. The summed E-state index contributed by atoms with van der Waals surface area (Å²) in [7, 11) is 0. The van der Waals surface area contributed by atoms with E-state index in [-0.39, 0.29) is 11.8 Å². The van der Waals surface area contributed by atoms with Crippen molar-refractivity contribution >= 4 is 5.78 Å². The van der Waals surface area contributed by atoms with Crippen molar-refractivity contribution < 1.29 is 9.53 Å². The normalized spacial score (nSPS) is 28.4. The quantitative estimate of drug-likeness (QED) is 0.487. The lowest BCUT2D eigenvalue weighted by atomic mass is 10.2. The number of morpholine rings is 1. The molecule has 1 fully saturated rings. The van der Waals surface area contributed by atoms with Gasteiger partial charge in [0.2, 0.25) is 0 Å². The molecule has 4 heteroatoms. The Bertz CT molecular complexity index is 138. The first-order valence-corrected chi connectivity index (χ1v) is 3.31. The van der Waals surface area contributed by atoms with Crippen LogP contribution in [0.25, 0.3) is 0 Å². The third kappa shape index (κ3) is 1.53. The molecular weight excluding hydrogens is 132 g/mol. The molecule has 0 aromatic rings. The fraction of sp³-hybridized carbons (Fsp3) is 0.833. The standard InChI is InChI=1S/C6H12N2O2/c1-5(9)6-4-10-3-2-8(6)7/h6H,2-4,7H2,1H3. The Morgan fingerprint density at radius 1 is 1.80 bits per heavy atom. The molecule has 1 aliphatic heterocycles. The Morgan fingerprint density at radius 2 is 2.50 bits per heavy atom. The average molecular weight is 144 g/mol. The van der Waals surface area contributed by atoms with E-state index in [1.807, 2.05) is 0 Å². The van der Waals surface area contributed by atoms with Gasteiger partial charge in [0.15, 0.2) is 5.78 Å². The van der Waals surface area contributed by atoms with E-state index in [9.17, 15) is 4.79 Å². The van der Waals surface area contributed by atoms with E-state index in [1.54, 1.807) is 0 Å². The number of carbonyl (C=O) groups excluding carboxylic acids is 1. The Hall–Kier alpha value is -0.450. The van der Waals surface area contributed by atoms with Gasteiger partial charge in [-0.2, -0.15) is 0 Å². The lowest BCUT2D eigenvalue weighted by Gasteiger charge is -2.29. The second-order valence-electron chi connectivity index (χ2n) is 2.44. The molecule has 1 aliphatic rings. The number of hydrogen-bond acceptors (Lipinski definition) is 4. The SMILES string of the molecule is CC(=O)C1COCCN1N. The van der Waals surface area contributed by atoms with Gasteiger partial charge in [-0.3, -0.25) is 10.6 Å². The van der Waals surface area contributed by atoms with Gasteiger partial charge in [0, 0.05) is 6.54 Å². The van der Waals surface area contributed by atoms with Crippen molar-refractivity contribution in [3.8, 4) is 0 Å². The molecule has 0 spiro atoms. The molecule has 58 valence electrons. The zero-order chi connectivity index (χ0) is 7.56. The van der Waals surface area contributed by atoms with Crippen molar-refractivity contribution in [3.63, 3.8) is 0 Å². The molecule has 1 unspecified atom stereocenters. The average Bonchev–Trinajstić information content (AvgIpc) is 1.88. The molecule has 0 aromatic heterocycles. The first-order chi connectivity index (χ1) is 4.72. The topological polar surface area (TPSA) is 55.6 Å². The van der Waals surface area contributed by atoms with Gasteiger partial charge in [-0.05, 0) is 6.92 Å². The zero-order valence-electron chi connectivity index (χ0n) is 6.04. The number of hydrogen-bond donors (Lipinski definition) is 1. The summed E-state index contributed by atoms with van der Waals surface area (Å²) in [5, 5.41) is 1.53. The summed E-state index contributed by atoms with van der Waals surface area (Å²) in [4.78, 5) is 10.8. The highest BCUT2D eigenvalue weighted by atomic mass is 16.5. The molecule has 0 aromatic carbocycles. The van der Waals surface area contributed by atoms with Crippen molar-refractivity contribution in [1.82, 2.24) is 5.01 Å². The number of ether oxygens (including phenoxy) is 1. The maximum atomic E-state index is 10.8. The molecule has 0 bridgehead atoms. The number of Topliss-reactive ketones (excluding diaryl/α,β-unsaturated/α-hetero) is 1. The fourth-order valence-corrected chi connectivity index (χ4v) is 0.967. The van der Waals surface area contributed by atoms with E-state index < -0.39 is 0 Å². The molecule has 2 N–H and O–H groups in total. The van der Waals surface area contributed by atoms with E-state index in [1.165, 1.54) is 11.9 Å². The van der Waals surface area contributed by atoms with Crippen LogP contribution in [0.3, 0.4) is 0 Å². The van der Waals surface area contributed by atoms with Gasteiger partial charge >= 0.3 is 0 Å². The molecule has 0 saturated carbocycles. The zero-order valence-corrected chi connectivity index (χ0v) is 6.04. The van der Waals surface area contributed by atoms with E-state index >= 15 is 0 Å². The number of nitrogens with zero attached hydrogens (tertiary/aromatic N) is 1. The summed E-state index contributed by atoms with van der Waals surface area (Å²) in [6.45, 7) is 3.23. The van der Waals surface area contributed by atoms with E-state index in [2.05, 4.69) is 0 Å². The molecule has 0 aliphatic carbocycles. The first kappa shape index (κ1) is 7.65. The summed E-state index contributed by atoms with van der Waals surface area (Å²) in [5.74, 6) is 5.58. The molecule has 0 radical (unpaired) electrons. The molecule has 4 nitrogen and oxygen atoms in total. The van der Waals surface area contributed by atoms with Crippen molar-refractivity contribution in [3.05, 3.63) is 0 Å². The second-order valence-corrected chi connectivity index (χ2v) is 2.44. The van der Waals surface area contributed by atoms with Gasteiger partial charge in [-0.25, -0.2) is 5.01 Å². The number of rotatable bonds is 1. The molecule has 1 heterocycles. The van der Waals surface area contributed by atoms with Crippen LogP contribution in [0.5, 0.6) is 0 Å². The molecule has 1 saturated heterocycles. The Kier molecular flexibility index (Phi) is 2.37. The summed E-state index contributed by atoms with van der Waals surface area (Å²) >= 11 is 0. The Labute approximate surface area is 59.9 Å². The number of carbonyl (C=O) groups is 1. The maximum absolute atomic E-state index is 10.8. The smallest absolute Gasteiger partial charge is 0.150 e. The van der Waals surface area contributed by atoms with Gasteiger partial charge in [-0.15, -0.1) is 0 Å². The lowest BCUT2D eigenvalue weighted by molar-refractivity contribution is -0.128. The number of nitrogens with two attached hydrogens (primary N) is 1. The third-order valence-corrected chi connectivity index (χ3v) is 1.64. The molecular formula is C6H12N2O2. The van der Waals surface area contributed by atoms with Gasteiger partial charge in [-0.1, -0.05) is 0 Å². The van der Waals surface area contributed by atoms with Crippen LogP contribution in [0, 0.1) is 0 Å². The monoisotopic (exact) mass is 144 g/mol. The minimum absolute atomic E-state index is 0.0715. The summed E-state index contributed by atoms with van der Waals surface area (Å²) in [5.41, 5.74) is 0. The highest BCUT2D eigenvalue weighted by Crippen LogP contribution is 2.01. The lowest BCUT2D eigenvalue weighted by Crippen LogP contribution is -2.52. The van der Waals surface area contributed by atoms with Crippen LogP contribution in [0.4, 0.5) is 0 Å². The van der Waals surface area contributed by atoms with Gasteiger partial charge in [0.05, 0.1) is 13.2 Å². The summed E-state index contributed by atoms with van der Waals surface area (Å²) in [6, 6.07) is -0.228. The molecule has 0 amide bonds. The van der Waals surface area contributed by atoms with Crippen LogP contribution in [-0.2, 0) is 9.53 Å². The Morgan fingerprint density at radius 3 is 2.90 bits per heavy atom. The number of ketones is 1. The Balaban J connectivity index is 2.47. The van der Waals surface area contributed by atoms with Crippen LogP contribution in [0.2, 0.25) is 0 Å². The van der Waals surface area contributed by atoms with Crippen molar-refractivity contribution in [1.29, 1.82) is 0 Å². The first-order valence-electron chi connectivity index (χ1n) is 3.31.